The van der Waals surface area contributed by atoms with E-state index in [2.05, 4.69) is 44.8 Å². The third-order valence-corrected chi connectivity index (χ3v) is 3.17. The molecule has 0 aliphatic rings. The van der Waals surface area contributed by atoms with Gasteiger partial charge in [-0.25, -0.2) is 0 Å². The quantitative estimate of drug-likeness (QED) is 0.753. The fraction of sp³-hybridized carbons (Fsp3) is 0.600. The third-order valence-electron chi connectivity index (χ3n) is 2.17. The van der Waals surface area contributed by atoms with Crippen molar-refractivity contribution in [1.82, 2.24) is 30.9 Å². The summed E-state index contributed by atoms with van der Waals surface area (Å²) in [6, 6.07) is 0. The molecule has 92 valence electrons. The van der Waals surface area contributed by atoms with Crippen LogP contribution in [0.4, 0.5) is 0 Å². The summed E-state index contributed by atoms with van der Waals surface area (Å²) in [7, 11) is 0. The van der Waals surface area contributed by atoms with Crippen LogP contribution in [0, 0.1) is 5.92 Å². The van der Waals surface area contributed by atoms with Gasteiger partial charge in [-0.2, -0.15) is 15.4 Å². The molecule has 0 aromatic carbocycles. The van der Waals surface area contributed by atoms with Gasteiger partial charge in [0.15, 0.2) is 5.01 Å². The Morgan fingerprint density at radius 2 is 2.29 bits per heavy atom. The van der Waals surface area contributed by atoms with Gasteiger partial charge < -0.3 is 5.32 Å². The van der Waals surface area contributed by atoms with Gasteiger partial charge in [0, 0.05) is 13.0 Å². The third kappa shape index (κ3) is 3.57. The molecule has 0 radical (unpaired) electrons. The Balaban J connectivity index is 1.83. The molecule has 6 nitrogen and oxygen atoms in total. The van der Waals surface area contributed by atoms with Crippen LogP contribution in [-0.2, 0) is 6.42 Å². The van der Waals surface area contributed by atoms with Crippen molar-refractivity contribution in [2.45, 2.75) is 20.3 Å². The molecule has 7 heteroatoms. The molecule has 2 aromatic heterocycles. The van der Waals surface area contributed by atoms with Crippen LogP contribution in [0.15, 0.2) is 6.20 Å². The predicted octanol–water partition coefficient (Wildman–Crippen LogP) is 1.11. The van der Waals surface area contributed by atoms with Crippen LogP contribution in [0.5, 0.6) is 0 Å². The van der Waals surface area contributed by atoms with Gasteiger partial charge in [-0.05, 0) is 12.5 Å². The lowest BCUT2D eigenvalue weighted by atomic mass is 10.2. The standard InChI is InChI=1S/C10H16N6S/c1-7(2)5-11-4-3-9-14-15-10(17-9)8-6-12-16-13-8/h6-7,11H,3-5H2,1-2H3,(H,12,13,16). The molecule has 0 bridgehead atoms. The molecule has 0 aliphatic carbocycles. The van der Waals surface area contributed by atoms with E-state index in [4.69, 9.17) is 0 Å². The van der Waals surface area contributed by atoms with E-state index in [0.717, 1.165) is 35.2 Å². The van der Waals surface area contributed by atoms with E-state index < -0.39 is 0 Å². The van der Waals surface area contributed by atoms with Crippen LogP contribution >= 0.6 is 11.3 Å². The fourth-order valence-electron chi connectivity index (χ4n) is 1.35. The zero-order valence-electron chi connectivity index (χ0n) is 9.97. The summed E-state index contributed by atoms with van der Waals surface area (Å²) in [5, 5.41) is 23.8. The number of hydrogen-bond donors (Lipinski definition) is 2. The lowest BCUT2D eigenvalue weighted by molar-refractivity contribution is 0.553. The van der Waals surface area contributed by atoms with Crippen LogP contribution in [0.25, 0.3) is 10.7 Å². The van der Waals surface area contributed by atoms with Gasteiger partial charge in [0.1, 0.15) is 10.7 Å². The zero-order valence-corrected chi connectivity index (χ0v) is 10.8. The number of aromatic amines is 1. The molecule has 0 saturated carbocycles. The Hall–Kier alpha value is -1.34. The summed E-state index contributed by atoms with van der Waals surface area (Å²) in [4.78, 5) is 0. The number of hydrogen-bond acceptors (Lipinski definition) is 6. The molecule has 0 spiro atoms. The van der Waals surface area contributed by atoms with E-state index in [1.165, 1.54) is 0 Å². The normalized spacial score (nSPS) is 11.2. The monoisotopic (exact) mass is 252 g/mol. The van der Waals surface area contributed by atoms with Crippen LogP contribution in [0.2, 0.25) is 0 Å². The summed E-state index contributed by atoms with van der Waals surface area (Å²) in [5.41, 5.74) is 0.754. The van der Waals surface area contributed by atoms with Crippen LogP contribution in [0.1, 0.15) is 18.9 Å². The van der Waals surface area contributed by atoms with Gasteiger partial charge >= 0.3 is 0 Å². The van der Waals surface area contributed by atoms with Crippen molar-refractivity contribution in [1.29, 1.82) is 0 Å². The molecule has 0 amide bonds. The van der Waals surface area contributed by atoms with E-state index in [-0.39, 0.29) is 0 Å². The first-order chi connectivity index (χ1) is 8.25. The van der Waals surface area contributed by atoms with E-state index >= 15 is 0 Å². The molecule has 17 heavy (non-hydrogen) atoms. The van der Waals surface area contributed by atoms with Gasteiger partial charge in [-0.3, -0.25) is 0 Å². The number of rotatable bonds is 6. The molecular formula is C10H16N6S. The van der Waals surface area contributed by atoms with Crippen LogP contribution in [0.3, 0.4) is 0 Å². The molecule has 0 unspecified atom stereocenters. The molecule has 0 fully saturated rings. The van der Waals surface area contributed by atoms with Crippen LogP contribution in [-0.4, -0.2) is 38.7 Å². The Morgan fingerprint density at radius 3 is 3.00 bits per heavy atom. The van der Waals surface area contributed by atoms with Gasteiger partial charge in [-0.15, -0.1) is 10.2 Å². The summed E-state index contributed by atoms with van der Waals surface area (Å²) in [5.74, 6) is 0.676. The van der Waals surface area contributed by atoms with Crippen LogP contribution < -0.4 is 5.32 Å². The minimum atomic E-state index is 0.676. The van der Waals surface area contributed by atoms with E-state index in [1.807, 2.05) is 0 Å². The molecular weight excluding hydrogens is 236 g/mol. The average molecular weight is 252 g/mol. The fourth-order valence-corrected chi connectivity index (χ4v) is 2.14. The van der Waals surface area contributed by atoms with E-state index in [1.54, 1.807) is 17.5 Å². The first-order valence-corrected chi connectivity index (χ1v) is 6.46. The number of aromatic nitrogens is 5. The highest BCUT2D eigenvalue weighted by Crippen LogP contribution is 2.20. The maximum Gasteiger partial charge on any atom is 0.169 e. The first kappa shape index (κ1) is 12.1. The lowest BCUT2D eigenvalue weighted by Gasteiger charge is -2.04. The highest BCUT2D eigenvalue weighted by Gasteiger charge is 2.08. The van der Waals surface area contributed by atoms with E-state index in [9.17, 15) is 0 Å². The molecule has 0 atom stereocenters. The average Bonchev–Trinajstić information content (AvgIpc) is 2.94. The van der Waals surface area contributed by atoms with Crippen molar-refractivity contribution in [2.75, 3.05) is 13.1 Å². The Bertz CT molecular complexity index is 435. The minimum absolute atomic E-state index is 0.676. The smallest absolute Gasteiger partial charge is 0.169 e. The first-order valence-electron chi connectivity index (χ1n) is 5.65. The maximum absolute atomic E-state index is 4.14. The van der Waals surface area contributed by atoms with Gasteiger partial charge in [0.2, 0.25) is 0 Å². The predicted molar refractivity (Wildman–Crippen MR) is 66.7 cm³/mol. The second-order valence-electron chi connectivity index (χ2n) is 4.20. The highest BCUT2D eigenvalue weighted by molar-refractivity contribution is 7.14. The minimum Gasteiger partial charge on any atom is -0.316 e. The SMILES string of the molecule is CC(C)CNCCc1nnc(-c2cn[nH]n2)s1. The summed E-state index contributed by atoms with van der Waals surface area (Å²) >= 11 is 1.56. The molecule has 2 heterocycles. The topological polar surface area (TPSA) is 79.4 Å². The van der Waals surface area contributed by atoms with Crippen molar-refractivity contribution >= 4 is 11.3 Å². The lowest BCUT2D eigenvalue weighted by Crippen LogP contribution is -2.22. The van der Waals surface area contributed by atoms with Crippen molar-refractivity contribution in [3.05, 3.63) is 11.2 Å². The van der Waals surface area contributed by atoms with Gasteiger partial charge in [-0.1, -0.05) is 25.2 Å². The number of H-pyrrole nitrogens is 1. The molecule has 2 rings (SSSR count). The number of nitrogens with zero attached hydrogens (tertiary/aromatic N) is 4. The van der Waals surface area contributed by atoms with Crippen molar-refractivity contribution in [2.24, 2.45) is 5.92 Å². The summed E-state index contributed by atoms with van der Waals surface area (Å²) in [6.45, 7) is 6.36. The van der Waals surface area contributed by atoms with Crippen molar-refractivity contribution < 1.29 is 0 Å². The van der Waals surface area contributed by atoms with Crippen molar-refractivity contribution in [3.63, 3.8) is 0 Å². The Kier molecular flexibility index (Phi) is 4.16. The van der Waals surface area contributed by atoms with Gasteiger partial charge in [0.25, 0.3) is 0 Å². The molecule has 0 saturated heterocycles. The Labute approximate surface area is 104 Å². The summed E-state index contributed by atoms with van der Waals surface area (Å²) in [6.07, 6.45) is 2.56. The second-order valence-corrected chi connectivity index (χ2v) is 5.27. The molecule has 0 aliphatic heterocycles. The zero-order chi connectivity index (χ0) is 12.1. The maximum atomic E-state index is 4.14. The molecule has 2 N–H and O–H groups in total. The second kappa shape index (κ2) is 5.83. The molecule has 2 aromatic rings. The number of nitrogens with one attached hydrogen (secondary N) is 2. The largest absolute Gasteiger partial charge is 0.316 e. The van der Waals surface area contributed by atoms with E-state index in [0.29, 0.717) is 5.92 Å². The summed E-state index contributed by atoms with van der Waals surface area (Å²) < 4.78 is 0. The Morgan fingerprint density at radius 1 is 1.41 bits per heavy atom. The highest BCUT2D eigenvalue weighted by atomic mass is 32.1. The van der Waals surface area contributed by atoms with Crippen molar-refractivity contribution in [3.8, 4) is 10.7 Å². The van der Waals surface area contributed by atoms with Gasteiger partial charge in [0.05, 0.1) is 6.20 Å².